The Morgan fingerprint density at radius 3 is 2.75 bits per heavy atom. The van der Waals surface area contributed by atoms with Crippen LogP contribution in [0.25, 0.3) is 0 Å². The number of hydrogen-bond donors (Lipinski definition) is 2. The minimum Gasteiger partial charge on any atom is -0.383 e. The Kier molecular flexibility index (Phi) is 4.70. The standard InChI is InChI=1S/C22H22F3NO2/c23-22(24,25)16-8-3-6-15(11-16)17-12-18(17)20(27)26-13-21(28)10-4-7-14-5-1-2-9-19(14)21/h1-3,5-6,8-9,11,17-18,28H,4,7,10,12-13H2,(H,26,27). The predicted molar refractivity (Wildman–Crippen MR) is 98.6 cm³/mol. The first-order chi connectivity index (χ1) is 13.3. The third kappa shape index (κ3) is 3.65. The molecule has 3 unspecified atom stereocenters. The van der Waals surface area contributed by atoms with Crippen molar-refractivity contribution in [3.05, 3.63) is 70.8 Å². The predicted octanol–water partition coefficient (Wildman–Crippen LogP) is 4.15. The van der Waals surface area contributed by atoms with E-state index in [2.05, 4.69) is 5.32 Å². The van der Waals surface area contributed by atoms with Crippen molar-refractivity contribution in [3.8, 4) is 0 Å². The van der Waals surface area contributed by atoms with Crippen LogP contribution in [0.2, 0.25) is 0 Å². The maximum absolute atomic E-state index is 12.9. The van der Waals surface area contributed by atoms with Crippen LogP contribution in [-0.4, -0.2) is 17.6 Å². The minimum atomic E-state index is -4.39. The molecule has 0 radical (unpaired) electrons. The van der Waals surface area contributed by atoms with E-state index in [1.807, 2.05) is 24.3 Å². The summed E-state index contributed by atoms with van der Waals surface area (Å²) >= 11 is 0. The van der Waals surface area contributed by atoms with Gasteiger partial charge in [0.05, 0.1) is 12.1 Å². The number of hydrogen-bond acceptors (Lipinski definition) is 2. The van der Waals surface area contributed by atoms with E-state index in [4.69, 9.17) is 0 Å². The largest absolute Gasteiger partial charge is 0.416 e. The number of alkyl halides is 3. The lowest BCUT2D eigenvalue weighted by Gasteiger charge is -2.34. The fraction of sp³-hybridized carbons (Fsp3) is 0.409. The average Bonchev–Trinajstić information content (AvgIpc) is 3.47. The maximum atomic E-state index is 12.9. The number of rotatable bonds is 4. The lowest BCUT2D eigenvalue weighted by Crippen LogP contribution is -2.43. The number of benzene rings is 2. The van der Waals surface area contributed by atoms with Gasteiger partial charge in [-0.2, -0.15) is 13.2 Å². The first-order valence-corrected chi connectivity index (χ1v) is 9.53. The normalized spacial score (nSPS) is 26.4. The van der Waals surface area contributed by atoms with E-state index in [1.54, 1.807) is 6.07 Å². The second kappa shape index (κ2) is 6.92. The topological polar surface area (TPSA) is 49.3 Å². The van der Waals surface area contributed by atoms with Gasteiger partial charge in [-0.1, -0.05) is 42.5 Å². The van der Waals surface area contributed by atoms with Crippen LogP contribution in [0.4, 0.5) is 13.2 Å². The Balaban J connectivity index is 1.40. The molecule has 0 spiro atoms. The van der Waals surface area contributed by atoms with Crippen molar-refractivity contribution >= 4 is 5.91 Å². The van der Waals surface area contributed by atoms with Gasteiger partial charge in [0.15, 0.2) is 0 Å². The van der Waals surface area contributed by atoms with Crippen molar-refractivity contribution in [2.45, 2.75) is 43.4 Å². The molecule has 2 N–H and O–H groups in total. The number of amides is 1. The Hall–Kier alpha value is -2.34. The van der Waals surface area contributed by atoms with E-state index in [1.165, 1.54) is 6.07 Å². The summed E-state index contributed by atoms with van der Waals surface area (Å²) in [4.78, 5) is 12.5. The number of carbonyl (C=O) groups excluding carboxylic acids is 1. The van der Waals surface area contributed by atoms with Crippen LogP contribution in [0.15, 0.2) is 48.5 Å². The molecule has 1 saturated carbocycles. The van der Waals surface area contributed by atoms with Gasteiger partial charge in [-0.05, 0) is 54.4 Å². The summed E-state index contributed by atoms with van der Waals surface area (Å²) in [6.45, 7) is 0.120. The fourth-order valence-corrected chi connectivity index (χ4v) is 4.25. The van der Waals surface area contributed by atoms with E-state index in [9.17, 15) is 23.1 Å². The number of aryl methyl sites for hydroxylation is 1. The highest BCUT2D eigenvalue weighted by atomic mass is 19.4. The van der Waals surface area contributed by atoms with E-state index >= 15 is 0 Å². The zero-order valence-corrected chi connectivity index (χ0v) is 15.3. The highest BCUT2D eigenvalue weighted by Crippen LogP contribution is 2.48. The summed E-state index contributed by atoms with van der Waals surface area (Å²) < 4.78 is 38.7. The third-order valence-corrected chi connectivity index (χ3v) is 5.88. The molecule has 1 fully saturated rings. The molecule has 0 saturated heterocycles. The molecule has 0 bridgehead atoms. The lowest BCUT2D eigenvalue weighted by atomic mass is 9.79. The van der Waals surface area contributed by atoms with Crippen molar-refractivity contribution in [2.24, 2.45) is 5.92 Å². The van der Waals surface area contributed by atoms with E-state index < -0.39 is 17.3 Å². The van der Waals surface area contributed by atoms with Crippen molar-refractivity contribution in [3.63, 3.8) is 0 Å². The second-order valence-electron chi connectivity index (χ2n) is 7.83. The monoisotopic (exact) mass is 389 g/mol. The van der Waals surface area contributed by atoms with Crippen LogP contribution in [0, 0.1) is 5.92 Å². The van der Waals surface area contributed by atoms with Gasteiger partial charge in [0.2, 0.25) is 5.91 Å². The Labute approximate surface area is 161 Å². The molecular weight excluding hydrogens is 367 g/mol. The molecule has 0 heterocycles. The van der Waals surface area contributed by atoms with Crippen molar-refractivity contribution < 1.29 is 23.1 Å². The lowest BCUT2D eigenvalue weighted by molar-refractivity contribution is -0.137. The van der Waals surface area contributed by atoms with Crippen LogP contribution in [0.1, 0.15) is 47.4 Å². The van der Waals surface area contributed by atoms with Crippen LogP contribution >= 0.6 is 0 Å². The molecule has 2 aromatic carbocycles. The zero-order chi connectivity index (χ0) is 19.9. The molecule has 2 aliphatic rings. The van der Waals surface area contributed by atoms with Crippen LogP contribution in [0.5, 0.6) is 0 Å². The number of halogens is 3. The molecule has 3 atom stereocenters. The van der Waals surface area contributed by atoms with Gasteiger partial charge in [-0.3, -0.25) is 4.79 Å². The molecule has 2 aliphatic carbocycles. The van der Waals surface area contributed by atoms with Gasteiger partial charge < -0.3 is 10.4 Å². The molecule has 1 amide bonds. The average molecular weight is 389 g/mol. The molecule has 4 rings (SSSR count). The quantitative estimate of drug-likeness (QED) is 0.825. The van der Waals surface area contributed by atoms with Gasteiger partial charge >= 0.3 is 6.18 Å². The number of nitrogens with one attached hydrogen (secondary N) is 1. The molecule has 6 heteroatoms. The minimum absolute atomic E-state index is 0.120. The highest BCUT2D eigenvalue weighted by molar-refractivity contribution is 5.83. The van der Waals surface area contributed by atoms with Crippen molar-refractivity contribution in [1.29, 1.82) is 0 Å². The van der Waals surface area contributed by atoms with E-state index in [-0.39, 0.29) is 24.3 Å². The molecular formula is C22H22F3NO2. The maximum Gasteiger partial charge on any atom is 0.416 e. The molecule has 148 valence electrons. The summed E-state index contributed by atoms with van der Waals surface area (Å²) in [5, 5.41) is 13.9. The van der Waals surface area contributed by atoms with Crippen LogP contribution < -0.4 is 5.32 Å². The van der Waals surface area contributed by atoms with Crippen LogP contribution in [0.3, 0.4) is 0 Å². The molecule has 3 nitrogen and oxygen atoms in total. The SMILES string of the molecule is O=C(NCC1(O)CCCc2ccccc21)C1CC1c1cccc(C(F)(F)F)c1. The summed E-state index contributed by atoms with van der Waals surface area (Å²) in [5.41, 5.74) is 0.705. The summed E-state index contributed by atoms with van der Waals surface area (Å²) in [7, 11) is 0. The van der Waals surface area contributed by atoms with Gasteiger partial charge in [0.25, 0.3) is 0 Å². The van der Waals surface area contributed by atoms with Gasteiger partial charge in [-0.25, -0.2) is 0 Å². The molecule has 28 heavy (non-hydrogen) atoms. The van der Waals surface area contributed by atoms with Crippen LogP contribution in [-0.2, 0) is 23.0 Å². The Morgan fingerprint density at radius 2 is 1.96 bits per heavy atom. The van der Waals surface area contributed by atoms with E-state index in [0.29, 0.717) is 18.4 Å². The number of carbonyl (C=O) groups is 1. The van der Waals surface area contributed by atoms with Gasteiger partial charge in [-0.15, -0.1) is 0 Å². The third-order valence-electron chi connectivity index (χ3n) is 5.88. The first kappa shape index (κ1) is 19.0. The molecule has 0 aromatic heterocycles. The molecule has 0 aliphatic heterocycles. The van der Waals surface area contributed by atoms with Crippen molar-refractivity contribution in [1.82, 2.24) is 5.32 Å². The van der Waals surface area contributed by atoms with Gasteiger partial charge in [0.1, 0.15) is 5.60 Å². The Bertz CT molecular complexity index is 895. The first-order valence-electron chi connectivity index (χ1n) is 9.53. The number of aliphatic hydroxyl groups is 1. The smallest absolute Gasteiger partial charge is 0.383 e. The van der Waals surface area contributed by atoms with Crippen molar-refractivity contribution in [2.75, 3.05) is 6.54 Å². The zero-order valence-electron chi connectivity index (χ0n) is 15.3. The highest BCUT2D eigenvalue weighted by Gasteiger charge is 2.45. The summed E-state index contributed by atoms with van der Waals surface area (Å²) in [6, 6.07) is 12.9. The molecule has 2 aromatic rings. The summed E-state index contributed by atoms with van der Waals surface area (Å²) in [6.07, 6.45) is -1.53. The Morgan fingerprint density at radius 1 is 1.18 bits per heavy atom. The second-order valence-corrected chi connectivity index (χ2v) is 7.83. The number of fused-ring (bicyclic) bond motifs is 1. The van der Waals surface area contributed by atoms with Gasteiger partial charge in [0, 0.05) is 5.92 Å². The fourth-order valence-electron chi connectivity index (χ4n) is 4.25. The summed E-state index contributed by atoms with van der Waals surface area (Å²) in [5.74, 6) is -0.750. The van der Waals surface area contributed by atoms with E-state index in [0.717, 1.165) is 36.1 Å².